The fraction of sp³-hybridized carbons (Fsp3) is 0.200. The van der Waals surface area contributed by atoms with E-state index in [9.17, 15) is 15.2 Å². The van der Waals surface area contributed by atoms with Gasteiger partial charge in [-0.15, -0.1) is 0 Å². The van der Waals surface area contributed by atoms with Crippen molar-refractivity contribution in [3.8, 4) is 11.5 Å². The minimum atomic E-state index is -0.454. The quantitative estimate of drug-likeness (QED) is 0.629. The van der Waals surface area contributed by atoms with Crippen LogP contribution in [0.5, 0.6) is 11.5 Å². The molecule has 110 valence electrons. The third-order valence-electron chi connectivity index (χ3n) is 2.90. The number of hydrogen-bond acceptors (Lipinski definition) is 5. The number of benzene rings is 2. The zero-order valence-electron chi connectivity index (χ0n) is 11.6. The number of nitrogens with zero attached hydrogens (tertiary/aromatic N) is 1. The van der Waals surface area contributed by atoms with Crippen molar-refractivity contribution in [1.82, 2.24) is 0 Å². The molecule has 6 nitrogen and oxygen atoms in total. The lowest BCUT2D eigenvalue weighted by molar-refractivity contribution is -0.384. The monoisotopic (exact) mass is 288 g/mol. The Labute approximate surface area is 122 Å². The van der Waals surface area contributed by atoms with Gasteiger partial charge in [0.25, 0.3) is 0 Å². The fourth-order valence-corrected chi connectivity index (χ4v) is 1.94. The summed E-state index contributed by atoms with van der Waals surface area (Å²) in [6.07, 6.45) is 0. The van der Waals surface area contributed by atoms with Crippen LogP contribution in [0, 0.1) is 10.1 Å². The topological polar surface area (TPSA) is 84.6 Å². The number of aromatic hydroxyl groups is 1. The standard InChI is InChI=1S/C15H16N2O4/c1-2-21-14-5-3-4-13(15(14)17(19)20)16-10-11-6-8-12(18)9-7-11/h3-9,16,18H,2,10H2,1H3. The second-order valence-electron chi connectivity index (χ2n) is 4.36. The predicted octanol–water partition coefficient (Wildman–Crippen LogP) is 3.31. The van der Waals surface area contributed by atoms with Gasteiger partial charge in [-0.2, -0.15) is 0 Å². The summed E-state index contributed by atoms with van der Waals surface area (Å²) in [6, 6.07) is 11.6. The molecule has 0 aliphatic carbocycles. The average molecular weight is 288 g/mol. The Bertz CT molecular complexity index is 626. The van der Waals surface area contributed by atoms with Gasteiger partial charge in [0.2, 0.25) is 0 Å². The van der Waals surface area contributed by atoms with Gasteiger partial charge >= 0.3 is 5.69 Å². The normalized spacial score (nSPS) is 10.1. The maximum absolute atomic E-state index is 11.2. The Morgan fingerprint density at radius 1 is 1.24 bits per heavy atom. The van der Waals surface area contributed by atoms with E-state index in [1.165, 1.54) is 0 Å². The molecule has 2 N–H and O–H groups in total. The molecule has 6 heteroatoms. The first-order valence-electron chi connectivity index (χ1n) is 6.53. The maximum atomic E-state index is 11.2. The lowest BCUT2D eigenvalue weighted by atomic mass is 10.2. The Kier molecular flexibility index (Phi) is 4.61. The smallest absolute Gasteiger partial charge is 0.333 e. The van der Waals surface area contributed by atoms with Gasteiger partial charge in [-0.25, -0.2) is 0 Å². The predicted molar refractivity (Wildman–Crippen MR) is 79.7 cm³/mol. The summed E-state index contributed by atoms with van der Waals surface area (Å²) in [7, 11) is 0. The number of nitro benzene ring substituents is 1. The van der Waals surface area contributed by atoms with Gasteiger partial charge in [0, 0.05) is 6.54 Å². The number of para-hydroxylation sites is 1. The summed E-state index contributed by atoms with van der Waals surface area (Å²) in [5.41, 5.74) is 1.24. The van der Waals surface area contributed by atoms with Gasteiger partial charge in [-0.05, 0) is 36.8 Å². The zero-order chi connectivity index (χ0) is 15.2. The number of nitro groups is 1. The third kappa shape index (κ3) is 3.62. The van der Waals surface area contributed by atoms with Gasteiger partial charge in [0.1, 0.15) is 11.4 Å². The van der Waals surface area contributed by atoms with Gasteiger partial charge in [0.15, 0.2) is 5.75 Å². The van der Waals surface area contributed by atoms with Crippen molar-refractivity contribution in [3.63, 3.8) is 0 Å². The van der Waals surface area contributed by atoms with Crippen molar-refractivity contribution in [2.75, 3.05) is 11.9 Å². The lowest BCUT2D eigenvalue weighted by Crippen LogP contribution is -2.04. The molecule has 0 radical (unpaired) electrons. The van der Waals surface area contributed by atoms with Crippen molar-refractivity contribution in [2.24, 2.45) is 0 Å². The Balaban J connectivity index is 2.21. The van der Waals surface area contributed by atoms with E-state index < -0.39 is 4.92 Å². The summed E-state index contributed by atoms with van der Waals surface area (Å²) in [4.78, 5) is 10.8. The molecule has 0 aliphatic rings. The molecule has 0 unspecified atom stereocenters. The Morgan fingerprint density at radius 3 is 2.57 bits per heavy atom. The van der Waals surface area contributed by atoms with Gasteiger partial charge < -0.3 is 15.2 Å². The van der Waals surface area contributed by atoms with Crippen LogP contribution in [0.25, 0.3) is 0 Å². The SMILES string of the molecule is CCOc1cccc(NCc2ccc(O)cc2)c1[N+](=O)[O-]. The highest BCUT2D eigenvalue weighted by Crippen LogP contribution is 2.35. The molecule has 0 aromatic heterocycles. The van der Waals surface area contributed by atoms with Crippen LogP contribution >= 0.6 is 0 Å². The van der Waals surface area contributed by atoms with Crippen molar-refractivity contribution in [3.05, 3.63) is 58.1 Å². The number of ether oxygens (including phenoxy) is 1. The van der Waals surface area contributed by atoms with Crippen LogP contribution in [-0.4, -0.2) is 16.6 Å². The minimum absolute atomic E-state index is 0.0712. The maximum Gasteiger partial charge on any atom is 0.333 e. The van der Waals surface area contributed by atoms with Crippen LogP contribution in [0.2, 0.25) is 0 Å². The van der Waals surface area contributed by atoms with E-state index in [0.29, 0.717) is 18.8 Å². The molecular formula is C15H16N2O4. The number of phenols is 1. The summed E-state index contributed by atoms with van der Waals surface area (Å²) in [5.74, 6) is 0.432. The lowest BCUT2D eigenvalue weighted by Gasteiger charge is -2.10. The van der Waals surface area contributed by atoms with E-state index in [0.717, 1.165) is 5.56 Å². The molecule has 2 aromatic carbocycles. The van der Waals surface area contributed by atoms with E-state index in [1.54, 1.807) is 49.4 Å². The largest absolute Gasteiger partial charge is 0.508 e. The van der Waals surface area contributed by atoms with E-state index in [-0.39, 0.29) is 17.2 Å². The highest BCUT2D eigenvalue weighted by atomic mass is 16.6. The average Bonchev–Trinajstić information content (AvgIpc) is 2.47. The van der Waals surface area contributed by atoms with E-state index >= 15 is 0 Å². The first-order valence-corrected chi connectivity index (χ1v) is 6.53. The fourth-order valence-electron chi connectivity index (χ4n) is 1.94. The van der Waals surface area contributed by atoms with Crippen molar-refractivity contribution >= 4 is 11.4 Å². The van der Waals surface area contributed by atoms with Crippen LogP contribution in [0.15, 0.2) is 42.5 Å². The van der Waals surface area contributed by atoms with Crippen LogP contribution in [0.3, 0.4) is 0 Å². The number of rotatable bonds is 6. The molecule has 0 fully saturated rings. The van der Waals surface area contributed by atoms with E-state index in [4.69, 9.17) is 4.74 Å². The molecule has 0 atom stereocenters. The van der Waals surface area contributed by atoms with Gasteiger partial charge in [-0.1, -0.05) is 18.2 Å². The molecule has 21 heavy (non-hydrogen) atoms. The zero-order valence-corrected chi connectivity index (χ0v) is 11.6. The van der Waals surface area contributed by atoms with Crippen LogP contribution in [-0.2, 0) is 6.54 Å². The van der Waals surface area contributed by atoms with Crippen molar-refractivity contribution < 1.29 is 14.8 Å². The highest BCUT2D eigenvalue weighted by Gasteiger charge is 2.20. The molecule has 2 rings (SSSR count). The molecule has 0 heterocycles. The van der Waals surface area contributed by atoms with Crippen molar-refractivity contribution in [2.45, 2.75) is 13.5 Å². The van der Waals surface area contributed by atoms with E-state index in [2.05, 4.69) is 5.32 Å². The van der Waals surface area contributed by atoms with Crippen LogP contribution < -0.4 is 10.1 Å². The second-order valence-corrected chi connectivity index (χ2v) is 4.36. The highest BCUT2D eigenvalue weighted by molar-refractivity contribution is 5.68. The number of nitrogens with one attached hydrogen (secondary N) is 1. The molecular weight excluding hydrogens is 272 g/mol. The molecule has 0 aliphatic heterocycles. The molecule has 0 saturated heterocycles. The Hall–Kier alpha value is -2.76. The first-order chi connectivity index (χ1) is 10.1. The van der Waals surface area contributed by atoms with Gasteiger partial charge in [0.05, 0.1) is 11.5 Å². The summed E-state index contributed by atoms with van der Waals surface area (Å²) in [5, 5.41) is 23.5. The summed E-state index contributed by atoms with van der Waals surface area (Å²) >= 11 is 0. The second kappa shape index (κ2) is 6.60. The number of phenolic OH excluding ortho intramolecular Hbond substituents is 1. The van der Waals surface area contributed by atoms with Crippen LogP contribution in [0.1, 0.15) is 12.5 Å². The molecule has 0 saturated carbocycles. The summed E-state index contributed by atoms with van der Waals surface area (Å²) in [6.45, 7) is 2.55. The molecule has 0 bridgehead atoms. The summed E-state index contributed by atoms with van der Waals surface area (Å²) < 4.78 is 5.29. The number of hydrogen-bond donors (Lipinski definition) is 2. The third-order valence-corrected chi connectivity index (χ3v) is 2.90. The van der Waals surface area contributed by atoms with Gasteiger partial charge in [-0.3, -0.25) is 10.1 Å². The Morgan fingerprint density at radius 2 is 1.95 bits per heavy atom. The number of anilines is 1. The molecule has 0 amide bonds. The minimum Gasteiger partial charge on any atom is -0.508 e. The first kappa shape index (κ1) is 14.6. The molecule has 0 spiro atoms. The van der Waals surface area contributed by atoms with Crippen LogP contribution in [0.4, 0.5) is 11.4 Å². The molecule has 2 aromatic rings. The van der Waals surface area contributed by atoms with E-state index in [1.807, 2.05) is 0 Å². The van der Waals surface area contributed by atoms with Crippen molar-refractivity contribution in [1.29, 1.82) is 0 Å².